The predicted octanol–water partition coefficient (Wildman–Crippen LogP) is 2.75. The molecule has 104 valence electrons. The van der Waals surface area contributed by atoms with Gasteiger partial charge in [-0.2, -0.15) is 0 Å². The first-order valence-corrected chi connectivity index (χ1v) is 7.00. The number of carbonyl (C=O) groups is 1. The average molecular weight is 283 g/mol. The van der Waals surface area contributed by atoms with E-state index in [4.69, 9.17) is 22.1 Å². The Hall–Kier alpha value is -1.42. The van der Waals surface area contributed by atoms with Crippen molar-refractivity contribution in [3.63, 3.8) is 0 Å². The molecule has 0 atom stereocenters. The lowest BCUT2D eigenvalue weighted by Gasteiger charge is -2.22. The van der Waals surface area contributed by atoms with Crippen molar-refractivity contribution in [1.29, 1.82) is 0 Å². The first kappa shape index (κ1) is 14.0. The van der Waals surface area contributed by atoms with Gasteiger partial charge in [0.2, 0.25) is 0 Å². The molecule has 0 aromatic heterocycles. The molecule has 0 spiro atoms. The predicted molar refractivity (Wildman–Crippen MR) is 76.4 cm³/mol. The molecule has 1 saturated carbocycles. The van der Waals surface area contributed by atoms with Crippen LogP contribution in [0.15, 0.2) is 18.2 Å². The third-order valence-corrected chi connectivity index (χ3v) is 3.54. The van der Waals surface area contributed by atoms with E-state index < -0.39 is 0 Å². The number of nitrogen functional groups attached to an aromatic ring is 1. The van der Waals surface area contributed by atoms with Crippen molar-refractivity contribution in [3.8, 4) is 5.75 Å². The van der Waals surface area contributed by atoms with Crippen LogP contribution >= 0.6 is 11.6 Å². The fourth-order valence-corrected chi connectivity index (χ4v) is 2.45. The maximum atomic E-state index is 11.8. The zero-order valence-corrected chi connectivity index (χ0v) is 11.6. The topological polar surface area (TPSA) is 64.3 Å². The van der Waals surface area contributed by atoms with E-state index in [-0.39, 0.29) is 12.5 Å². The first-order chi connectivity index (χ1) is 9.15. The molecule has 1 aromatic carbocycles. The largest absolute Gasteiger partial charge is 0.482 e. The fraction of sp³-hybridized carbons (Fsp3) is 0.500. The van der Waals surface area contributed by atoms with Gasteiger partial charge in [-0.1, -0.05) is 30.9 Å². The van der Waals surface area contributed by atoms with Crippen molar-refractivity contribution in [1.82, 2.24) is 5.32 Å². The van der Waals surface area contributed by atoms with Gasteiger partial charge in [-0.15, -0.1) is 0 Å². The van der Waals surface area contributed by atoms with Crippen LogP contribution in [-0.4, -0.2) is 18.6 Å². The zero-order valence-electron chi connectivity index (χ0n) is 10.8. The van der Waals surface area contributed by atoms with Crippen molar-refractivity contribution in [2.24, 2.45) is 0 Å². The van der Waals surface area contributed by atoms with E-state index in [9.17, 15) is 4.79 Å². The lowest BCUT2D eigenvalue weighted by molar-refractivity contribution is -0.124. The van der Waals surface area contributed by atoms with Crippen molar-refractivity contribution < 1.29 is 9.53 Å². The molecule has 0 aliphatic heterocycles. The second kappa shape index (κ2) is 6.66. The van der Waals surface area contributed by atoms with Crippen molar-refractivity contribution in [2.75, 3.05) is 12.3 Å². The van der Waals surface area contributed by atoms with Crippen molar-refractivity contribution in [2.45, 2.75) is 38.1 Å². The minimum Gasteiger partial charge on any atom is -0.482 e. The van der Waals surface area contributed by atoms with E-state index in [0.29, 0.717) is 22.5 Å². The number of nitrogens with one attached hydrogen (secondary N) is 1. The molecule has 1 aliphatic carbocycles. The maximum absolute atomic E-state index is 11.8. The van der Waals surface area contributed by atoms with Gasteiger partial charge in [0.15, 0.2) is 6.61 Å². The van der Waals surface area contributed by atoms with E-state index in [1.807, 2.05) is 0 Å². The van der Waals surface area contributed by atoms with E-state index in [1.165, 1.54) is 19.3 Å². The quantitative estimate of drug-likeness (QED) is 0.835. The van der Waals surface area contributed by atoms with Crippen LogP contribution in [0.1, 0.15) is 32.1 Å². The van der Waals surface area contributed by atoms with Crippen molar-refractivity contribution in [3.05, 3.63) is 23.2 Å². The standard InChI is InChI=1S/C14H19ClN2O2/c15-10-6-7-12(16)13(8-10)19-9-14(18)17-11-4-2-1-3-5-11/h6-8,11H,1-5,9,16H2,(H,17,18). The molecule has 0 bridgehead atoms. The number of nitrogens with two attached hydrogens (primary N) is 1. The summed E-state index contributed by atoms with van der Waals surface area (Å²) in [6, 6.07) is 5.26. The molecule has 1 fully saturated rings. The van der Waals surface area contributed by atoms with Gasteiger partial charge in [-0.25, -0.2) is 0 Å². The Morgan fingerprint density at radius 3 is 2.84 bits per heavy atom. The summed E-state index contributed by atoms with van der Waals surface area (Å²) in [7, 11) is 0. The number of benzene rings is 1. The maximum Gasteiger partial charge on any atom is 0.258 e. The van der Waals surface area contributed by atoms with Crippen LogP contribution in [0.25, 0.3) is 0 Å². The molecule has 5 heteroatoms. The lowest BCUT2D eigenvalue weighted by Crippen LogP contribution is -2.39. The summed E-state index contributed by atoms with van der Waals surface area (Å²) in [4.78, 5) is 11.8. The smallest absolute Gasteiger partial charge is 0.258 e. The van der Waals surface area contributed by atoms with Crippen LogP contribution < -0.4 is 15.8 Å². The van der Waals surface area contributed by atoms with E-state index in [1.54, 1.807) is 18.2 Å². The van der Waals surface area contributed by atoms with Crippen LogP contribution in [0.3, 0.4) is 0 Å². The molecule has 0 heterocycles. The number of amides is 1. The van der Waals surface area contributed by atoms with Gasteiger partial charge in [-0.3, -0.25) is 4.79 Å². The zero-order chi connectivity index (χ0) is 13.7. The highest BCUT2D eigenvalue weighted by Gasteiger charge is 2.16. The highest BCUT2D eigenvalue weighted by molar-refractivity contribution is 6.30. The third-order valence-electron chi connectivity index (χ3n) is 3.30. The lowest BCUT2D eigenvalue weighted by atomic mass is 9.95. The Balaban J connectivity index is 1.81. The molecule has 1 aliphatic rings. The second-order valence-corrected chi connectivity index (χ2v) is 5.31. The monoisotopic (exact) mass is 282 g/mol. The summed E-state index contributed by atoms with van der Waals surface area (Å²) in [5.74, 6) is 0.345. The summed E-state index contributed by atoms with van der Waals surface area (Å²) in [5.41, 5.74) is 6.23. The summed E-state index contributed by atoms with van der Waals surface area (Å²) < 4.78 is 5.40. The van der Waals surface area contributed by atoms with Crippen LogP contribution in [0.2, 0.25) is 5.02 Å². The van der Waals surface area contributed by atoms with Crippen LogP contribution in [0.5, 0.6) is 5.75 Å². The van der Waals surface area contributed by atoms with E-state index >= 15 is 0 Å². The van der Waals surface area contributed by atoms with Gasteiger partial charge >= 0.3 is 0 Å². The SMILES string of the molecule is Nc1ccc(Cl)cc1OCC(=O)NC1CCCCC1. The molecule has 4 nitrogen and oxygen atoms in total. The fourth-order valence-electron chi connectivity index (χ4n) is 2.29. The molecule has 0 radical (unpaired) electrons. The molecule has 0 saturated heterocycles. The molecule has 0 unspecified atom stereocenters. The number of anilines is 1. The van der Waals surface area contributed by atoms with Gasteiger partial charge < -0.3 is 15.8 Å². The van der Waals surface area contributed by atoms with Crippen LogP contribution in [0.4, 0.5) is 5.69 Å². The van der Waals surface area contributed by atoms with Crippen LogP contribution in [0, 0.1) is 0 Å². The molecule has 19 heavy (non-hydrogen) atoms. The average Bonchev–Trinajstić information content (AvgIpc) is 2.41. The number of ether oxygens (including phenoxy) is 1. The highest BCUT2D eigenvalue weighted by atomic mass is 35.5. The number of hydrogen-bond acceptors (Lipinski definition) is 3. The Kier molecular flexibility index (Phi) is 4.91. The summed E-state index contributed by atoms with van der Waals surface area (Å²) >= 11 is 5.85. The third kappa shape index (κ3) is 4.31. The molecular formula is C14H19ClN2O2. The number of halogens is 1. The second-order valence-electron chi connectivity index (χ2n) is 4.87. The summed E-state index contributed by atoms with van der Waals surface area (Å²) in [5, 5.41) is 3.52. The molecule has 3 N–H and O–H groups in total. The Labute approximate surface area is 118 Å². The number of rotatable bonds is 4. The van der Waals surface area contributed by atoms with Gasteiger partial charge in [0.05, 0.1) is 5.69 Å². The van der Waals surface area contributed by atoms with Crippen LogP contribution in [-0.2, 0) is 4.79 Å². The summed E-state index contributed by atoms with van der Waals surface area (Å²) in [6.45, 7) is -0.0267. The van der Waals surface area contributed by atoms with E-state index in [2.05, 4.69) is 5.32 Å². The Morgan fingerprint density at radius 2 is 2.11 bits per heavy atom. The van der Waals surface area contributed by atoms with Gasteiger partial charge in [0, 0.05) is 17.1 Å². The molecule has 1 aromatic rings. The minimum atomic E-state index is -0.105. The van der Waals surface area contributed by atoms with Gasteiger partial charge in [0.25, 0.3) is 5.91 Å². The van der Waals surface area contributed by atoms with Gasteiger partial charge in [0.1, 0.15) is 5.75 Å². The molecular weight excluding hydrogens is 264 g/mol. The van der Waals surface area contributed by atoms with Crippen molar-refractivity contribution >= 4 is 23.2 Å². The number of carbonyl (C=O) groups excluding carboxylic acids is 1. The highest BCUT2D eigenvalue weighted by Crippen LogP contribution is 2.25. The molecule has 1 amide bonds. The Bertz CT molecular complexity index is 445. The first-order valence-electron chi connectivity index (χ1n) is 6.62. The molecule has 2 rings (SSSR count). The summed E-state index contributed by atoms with van der Waals surface area (Å²) in [6.07, 6.45) is 5.76. The normalized spacial score (nSPS) is 16.1. The van der Waals surface area contributed by atoms with Gasteiger partial charge in [-0.05, 0) is 25.0 Å². The minimum absolute atomic E-state index is 0.0267. The van der Waals surface area contributed by atoms with E-state index in [0.717, 1.165) is 12.8 Å². The number of hydrogen-bond donors (Lipinski definition) is 2. The Morgan fingerprint density at radius 1 is 1.37 bits per heavy atom.